The van der Waals surface area contributed by atoms with Crippen LogP contribution in [0.2, 0.25) is 0 Å². The van der Waals surface area contributed by atoms with Crippen molar-refractivity contribution in [3.63, 3.8) is 0 Å². The highest BCUT2D eigenvalue weighted by molar-refractivity contribution is 6.26. The van der Waals surface area contributed by atoms with Gasteiger partial charge in [0.05, 0.1) is 24.2 Å². The Morgan fingerprint density at radius 2 is 1.67 bits per heavy atom. The zero-order chi connectivity index (χ0) is 30.8. The summed E-state index contributed by atoms with van der Waals surface area (Å²) in [4.78, 5) is 50.3. The van der Waals surface area contributed by atoms with E-state index in [-0.39, 0.29) is 43.7 Å². The summed E-state index contributed by atoms with van der Waals surface area (Å²) >= 11 is 7.50. The molecule has 3 saturated carbocycles. The maximum Gasteiger partial charge on any atom is 0.509 e. The molecule has 0 aromatic carbocycles. The minimum Gasteiger partial charge on any atom is -0.434 e. The molecule has 0 aromatic rings. The van der Waals surface area contributed by atoms with Crippen molar-refractivity contribution in [2.45, 2.75) is 108 Å². The molecule has 0 saturated heterocycles. The van der Waals surface area contributed by atoms with Gasteiger partial charge >= 0.3 is 12.3 Å². The molecule has 0 bridgehead atoms. The van der Waals surface area contributed by atoms with Crippen LogP contribution in [0.4, 0.5) is 9.59 Å². The average molecular weight is 609 g/mol. The van der Waals surface area contributed by atoms with Crippen LogP contribution in [0.25, 0.3) is 0 Å². The third-order valence-electron chi connectivity index (χ3n) is 10.5. The monoisotopic (exact) mass is 608 g/mol. The Labute approximate surface area is 253 Å². The first kappa shape index (κ1) is 32.5. The summed E-state index contributed by atoms with van der Waals surface area (Å²) in [5.41, 5.74) is -2.58. The molecule has 4 rings (SSSR count). The minimum atomic E-state index is -1.70. The number of ether oxygens (including phenoxy) is 4. The van der Waals surface area contributed by atoms with Gasteiger partial charge in [-0.2, -0.15) is 0 Å². The molecule has 0 heterocycles. The fraction of sp³-hybridized carbons (Fsp3) is 0.750. The molecule has 3 fully saturated rings. The van der Waals surface area contributed by atoms with Crippen molar-refractivity contribution in [3.05, 3.63) is 23.8 Å². The Balaban J connectivity index is 1.64. The molecule has 9 nitrogen and oxygen atoms in total. The predicted molar refractivity (Wildman–Crippen MR) is 155 cm³/mol. The quantitative estimate of drug-likeness (QED) is 0.165. The number of hydrogen-bond donors (Lipinski definition) is 1. The largest absolute Gasteiger partial charge is 0.509 e. The fourth-order valence-corrected chi connectivity index (χ4v) is 8.67. The molecule has 0 radical (unpaired) electrons. The molecule has 4 aliphatic rings. The number of ketones is 2. The minimum absolute atomic E-state index is 0.0676. The van der Waals surface area contributed by atoms with Crippen LogP contribution in [0.15, 0.2) is 23.8 Å². The van der Waals surface area contributed by atoms with Gasteiger partial charge < -0.3 is 24.1 Å². The number of aliphatic hydroxyl groups is 1. The van der Waals surface area contributed by atoms with Crippen molar-refractivity contribution in [1.82, 2.24) is 0 Å². The molecule has 10 heteroatoms. The van der Waals surface area contributed by atoms with E-state index in [4.69, 9.17) is 30.5 Å². The first-order valence-electron chi connectivity index (χ1n) is 15.4. The molecule has 0 aromatic heterocycles. The number of aliphatic hydroxyl groups excluding tert-OH is 1. The van der Waals surface area contributed by atoms with Gasteiger partial charge in [0.1, 0.15) is 0 Å². The summed E-state index contributed by atoms with van der Waals surface area (Å²) in [6, 6.07) is 0. The molecule has 42 heavy (non-hydrogen) atoms. The zero-order valence-electron chi connectivity index (χ0n) is 25.2. The van der Waals surface area contributed by atoms with Crippen LogP contribution in [-0.4, -0.2) is 65.4 Å². The zero-order valence-corrected chi connectivity index (χ0v) is 26.0. The van der Waals surface area contributed by atoms with Crippen LogP contribution in [0.1, 0.15) is 91.9 Å². The first-order chi connectivity index (χ1) is 19.9. The van der Waals surface area contributed by atoms with Crippen molar-refractivity contribution < 1.29 is 43.2 Å². The maximum atomic E-state index is 14.0. The third kappa shape index (κ3) is 5.40. The number of allylic oxidation sites excluding steroid dienone is 4. The van der Waals surface area contributed by atoms with E-state index in [1.807, 2.05) is 33.8 Å². The number of Topliss-reactive ketones (excluding diaryl/α,β-unsaturated/α-hetero) is 1. The number of carbonyl (C=O) groups is 4. The molecule has 4 aliphatic carbocycles. The lowest BCUT2D eigenvalue weighted by molar-refractivity contribution is -0.179. The highest BCUT2D eigenvalue weighted by atomic mass is 35.5. The molecule has 1 unspecified atom stereocenters. The number of rotatable bonds is 11. The number of halogens is 1. The van der Waals surface area contributed by atoms with E-state index < -0.39 is 52.1 Å². The van der Waals surface area contributed by atoms with Crippen molar-refractivity contribution in [2.24, 2.45) is 22.7 Å². The normalized spacial score (nSPS) is 36.7. The van der Waals surface area contributed by atoms with Gasteiger partial charge in [-0.25, -0.2) is 9.59 Å². The molecule has 0 aliphatic heterocycles. The van der Waals surface area contributed by atoms with Gasteiger partial charge in [-0.15, -0.1) is 11.6 Å². The Morgan fingerprint density at radius 1 is 0.976 bits per heavy atom. The molecule has 0 spiro atoms. The van der Waals surface area contributed by atoms with Gasteiger partial charge in [0.25, 0.3) is 0 Å². The van der Waals surface area contributed by atoms with Crippen LogP contribution >= 0.6 is 11.6 Å². The van der Waals surface area contributed by atoms with Gasteiger partial charge in [0.2, 0.25) is 5.78 Å². The van der Waals surface area contributed by atoms with Crippen molar-refractivity contribution in [1.29, 1.82) is 0 Å². The number of fused-ring (bicyclic) bond motifs is 5. The molecular weight excluding hydrogens is 564 g/mol. The third-order valence-corrected chi connectivity index (χ3v) is 11.4. The van der Waals surface area contributed by atoms with E-state index in [9.17, 15) is 24.3 Å². The standard InChI is InChI=1S/C32H45ClO9/c1-5-7-9-17-40-28(38)42-31(26(36)20-41-27(37)39-16-8-6-2)15-13-23-24-11-10-21-18-22(34)12-14-29(21,3)32(24,33)25(35)19-30(23,31)4/h12,14,18,23-25,35H,5-11,13,15-17,19-20H2,1-4H3/t23-,24-,25?,29-,30-,31-,32-/m0/s1. The molecule has 1 N–H and O–H groups in total. The summed E-state index contributed by atoms with van der Waals surface area (Å²) in [6.45, 7) is 7.51. The van der Waals surface area contributed by atoms with Gasteiger partial charge in [0.15, 0.2) is 18.0 Å². The number of unbranched alkanes of at least 4 members (excludes halogenated alkanes) is 3. The lowest BCUT2D eigenvalue weighted by atomic mass is 9.45. The van der Waals surface area contributed by atoms with E-state index in [1.165, 1.54) is 6.08 Å². The maximum absolute atomic E-state index is 14.0. The second kappa shape index (κ2) is 12.7. The number of hydrogen-bond acceptors (Lipinski definition) is 9. The Hall–Kier alpha value is -2.39. The van der Waals surface area contributed by atoms with E-state index >= 15 is 0 Å². The topological polar surface area (TPSA) is 125 Å². The SMILES string of the molecule is CCCCCOC(=O)O[C@]1(C(=O)COC(=O)OCCCC)CC[C@H]2[C@@H]3CCC4=CC(=O)C=C[C@]4(C)[C@@]3(Cl)C(O)C[C@@]21C. The summed E-state index contributed by atoms with van der Waals surface area (Å²) in [6.07, 6.45) is 7.90. The molecular formula is C32H45ClO9. The second-order valence-corrected chi connectivity index (χ2v) is 13.3. The van der Waals surface area contributed by atoms with E-state index in [0.717, 1.165) is 24.8 Å². The van der Waals surface area contributed by atoms with Crippen LogP contribution < -0.4 is 0 Å². The van der Waals surface area contributed by atoms with Crippen molar-refractivity contribution in [2.75, 3.05) is 19.8 Å². The Kier molecular flexibility index (Phi) is 9.82. The van der Waals surface area contributed by atoms with E-state index in [2.05, 4.69) is 0 Å². The fourth-order valence-electron chi connectivity index (χ4n) is 8.14. The smallest absolute Gasteiger partial charge is 0.434 e. The van der Waals surface area contributed by atoms with Crippen molar-refractivity contribution >= 4 is 35.5 Å². The summed E-state index contributed by atoms with van der Waals surface area (Å²) in [7, 11) is 0. The average Bonchev–Trinajstić information content (AvgIpc) is 3.23. The lowest BCUT2D eigenvalue weighted by Gasteiger charge is -2.63. The number of alkyl halides is 1. The van der Waals surface area contributed by atoms with Gasteiger partial charge in [-0.3, -0.25) is 9.59 Å². The Bertz CT molecular complexity index is 1130. The van der Waals surface area contributed by atoms with Gasteiger partial charge in [-0.05, 0) is 68.9 Å². The van der Waals surface area contributed by atoms with Crippen LogP contribution in [-0.2, 0) is 28.5 Å². The highest BCUT2D eigenvalue weighted by Gasteiger charge is 2.74. The first-order valence-corrected chi connectivity index (χ1v) is 15.8. The molecule has 7 atom stereocenters. The lowest BCUT2D eigenvalue weighted by Crippen LogP contribution is -2.69. The Morgan fingerprint density at radius 3 is 2.38 bits per heavy atom. The highest BCUT2D eigenvalue weighted by Crippen LogP contribution is 2.71. The van der Waals surface area contributed by atoms with Crippen LogP contribution in [0.3, 0.4) is 0 Å². The summed E-state index contributed by atoms with van der Waals surface area (Å²) < 4.78 is 21.6. The summed E-state index contributed by atoms with van der Waals surface area (Å²) in [5.74, 6) is -1.12. The molecule has 0 amide bonds. The van der Waals surface area contributed by atoms with Crippen LogP contribution in [0.5, 0.6) is 0 Å². The summed E-state index contributed by atoms with van der Waals surface area (Å²) in [5, 5.41) is 11.9. The number of carbonyl (C=O) groups excluding carboxylic acids is 4. The molecule has 234 valence electrons. The van der Waals surface area contributed by atoms with Gasteiger partial charge in [0, 0.05) is 10.8 Å². The van der Waals surface area contributed by atoms with E-state index in [0.29, 0.717) is 32.1 Å². The van der Waals surface area contributed by atoms with E-state index in [1.54, 1.807) is 6.08 Å². The van der Waals surface area contributed by atoms with Crippen molar-refractivity contribution in [3.8, 4) is 0 Å². The van der Waals surface area contributed by atoms with Crippen LogP contribution in [0, 0.1) is 22.7 Å². The second-order valence-electron chi connectivity index (χ2n) is 12.7. The van der Waals surface area contributed by atoms with Gasteiger partial charge in [-0.1, -0.05) is 58.6 Å². The predicted octanol–water partition coefficient (Wildman–Crippen LogP) is 6.23.